The highest BCUT2D eigenvalue weighted by Crippen LogP contribution is 2.26. The van der Waals surface area contributed by atoms with Crippen LogP contribution in [0.15, 0.2) is 40.9 Å². The van der Waals surface area contributed by atoms with Crippen LogP contribution in [0.2, 0.25) is 0 Å². The van der Waals surface area contributed by atoms with Gasteiger partial charge in [0.05, 0.1) is 11.0 Å². The first-order valence-electron chi connectivity index (χ1n) is 6.24. The van der Waals surface area contributed by atoms with Crippen LogP contribution >= 0.6 is 15.9 Å². The van der Waals surface area contributed by atoms with Crippen LogP contribution in [0.25, 0.3) is 16.7 Å². The summed E-state index contributed by atoms with van der Waals surface area (Å²) in [7, 11) is 0. The Labute approximate surface area is 125 Å². The minimum atomic E-state index is -0.125. The minimum Gasteiger partial charge on any atom is -0.399 e. The molecule has 4 nitrogen and oxygen atoms in total. The fraction of sp³-hybridized carbons (Fsp3) is 0.133. The van der Waals surface area contributed by atoms with Gasteiger partial charge in [-0.3, -0.25) is 4.57 Å². The topological polar surface area (TPSA) is 64.1 Å². The van der Waals surface area contributed by atoms with E-state index in [2.05, 4.69) is 27.0 Å². The zero-order chi connectivity index (χ0) is 14.3. The lowest BCUT2D eigenvalue weighted by Crippen LogP contribution is -2.01. The monoisotopic (exact) mass is 331 g/mol. The summed E-state index contributed by atoms with van der Waals surface area (Å²) < 4.78 is 2.95. The molecule has 1 heterocycles. The number of nitrogens with zero attached hydrogens (tertiary/aromatic N) is 2. The predicted octanol–water partition coefficient (Wildman–Crippen LogP) is 3.17. The van der Waals surface area contributed by atoms with Crippen molar-refractivity contribution in [3.63, 3.8) is 0 Å². The van der Waals surface area contributed by atoms with E-state index in [1.165, 1.54) is 0 Å². The molecule has 0 saturated carbocycles. The van der Waals surface area contributed by atoms with Crippen LogP contribution < -0.4 is 5.73 Å². The Hall–Kier alpha value is -1.85. The second-order valence-electron chi connectivity index (χ2n) is 4.76. The first kappa shape index (κ1) is 13.1. The van der Waals surface area contributed by atoms with Crippen molar-refractivity contribution in [2.45, 2.75) is 13.5 Å². The van der Waals surface area contributed by atoms with E-state index in [-0.39, 0.29) is 6.61 Å². The summed E-state index contributed by atoms with van der Waals surface area (Å²) in [6, 6.07) is 11.7. The number of aliphatic hydroxyl groups is 1. The van der Waals surface area contributed by atoms with Crippen molar-refractivity contribution >= 4 is 32.7 Å². The van der Waals surface area contributed by atoms with E-state index in [1.54, 1.807) is 0 Å². The second-order valence-corrected chi connectivity index (χ2v) is 5.67. The van der Waals surface area contributed by atoms with Gasteiger partial charge in [0.1, 0.15) is 12.4 Å². The zero-order valence-electron chi connectivity index (χ0n) is 11.0. The molecule has 0 unspecified atom stereocenters. The lowest BCUT2D eigenvalue weighted by molar-refractivity contribution is 0.270. The Balaban J connectivity index is 2.33. The van der Waals surface area contributed by atoms with E-state index < -0.39 is 0 Å². The molecule has 0 bridgehead atoms. The highest BCUT2D eigenvalue weighted by atomic mass is 79.9. The summed E-state index contributed by atoms with van der Waals surface area (Å²) in [5.74, 6) is 0.600. The van der Waals surface area contributed by atoms with Crippen molar-refractivity contribution in [1.82, 2.24) is 9.55 Å². The van der Waals surface area contributed by atoms with Crippen LogP contribution in [0.3, 0.4) is 0 Å². The highest BCUT2D eigenvalue weighted by Gasteiger charge is 2.12. The molecule has 0 aliphatic rings. The van der Waals surface area contributed by atoms with Gasteiger partial charge in [-0.25, -0.2) is 4.98 Å². The third-order valence-electron chi connectivity index (χ3n) is 3.17. The second kappa shape index (κ2) is 4.92. The first-order chi connectivity index (χ1) is 9.58. The quantitative estimate of drug-likeness (QED) is 0.709. The molecule has 5 heteroatoms. The summed E-state index contributed by atoms with van der Waals surface area (Å²) >= 11 is 3.50. The number of aliphatic hydroxyl groups excluding tert-OH is 1. The lowest BCUT2D eigenvalue weighted by atomic mass is 10.2. The number of rotatable bonds is 2. The van der Waals surface area contributed by atoms with Crippen LogP contribution in [-0.2, 0) is 6.61 Å². The van der Waals surface area contributed by atoms with E-state index in [0.717, 1.165) is 26.8 Å². The van der Waals surface area contributed by atoms with Gasteiger partial charge in [-0.05, 0) is 48.9 Å². The summed E-state index contributed by atoms with van der Waals surface area (Å²) in [5.41, 5.74) is 10.3. The van der Waals surface area contributed by atoms with Gasteiger partial charge in [-0.1, -0.05) is 15.9 Å². The minimum absolute atomic E-state index is 0.125. The number of nitrogen functional groups attached to an aromatic ring is 1. The van der Waals surface area contributed by atoms with Gasteiger partial charge < -0.3 is 10.8 Å². The Bertz CT molecular complexity index is 775. The molecule has 102 valence electrons. The van der Waals surface area contributed by atoms with Crippen molar-refractivity contribution in [2.75, 3.05) is 5.73 Å². The molecular formula is C15H14BrN3O. The van der Waals surface area contributed by atoms with Gasteiger partial charge in [0.2, 0.25) is 0 Å². The Kier molecular flexibility index (Phi) is 3.23. The van der Waals surface area contributed by atoms with Crippen molar-refractivity contribution in [2.24, 2.45) is 0 Å². The Morgan fingerprint density at radius 2 is 2.05 bits per heavy atom. The maximum Gasteiger partial charge on any atom is 0.140 e. The Morgan fingerprint density at radius 1 is 1.25 bits per heavy atom. The number of anilines is 1. The van der Waals surface area contributed by atoms with Crippen LogP contribution in [0.5, 0.6) is 0 Å². The van der Waals surface area contributed by atoms with Crippen molar-refractivity contribution in [3.8, 4) is 5.69 Å². The van der Waals surface area contributed by atoms with E-state index in [1.807, 2.05) is 41.8 Å². The molecule has 0 aliphatic heterocycles. The number of aryl methyl sites for hydroxylation is 1. The molecule has 0 saturated heterocycles. The van der Waals surface area contributed by atoms with Crippen LogP contribution in [0, 0.1) is 6.92 Å². The van der Waals surface area contributed by atoms with E-state index in [0.29, 0.717) is 11.5 Å². The molecule has 0 aliphatic carbocycles. The SMILES string of the molecule is Cc1cc(Br)cc(-n2c(CO)nc3cc(N)ccc32)c1. The smallest absolute Gasteiger partial charge is 0.140 e. The number of fused-ring (bicyclic) bond motifs is 1. The normalized spacial score (nSPS) is 11.2. The van der Waals surface area contributed by atoms with E-state index in [4.69, 9.17) is 5.73 Å². The number of halogens is 1. The fourth-order valence-electron chi connectivity index (χ4n) is 2.39. The molecule has 0 spiro atoms. The molecule has 2 aromatic carbocycles. The van der Waals surface area contributed by atoms with E-state index >= 15 is 0 Å². The maximum atomic E-state index is 9.56. The number of hydrogen-bond donors (Lipinski definition) is 2. The fourth-order valence-corrected chi connectivity index (χ4v) is 2.98. The summed E-state index contributed by atoms with van der Waals surface area (Å²) in [5, 5.41) is 9.56. The number of hydrogen-bond acceptors (Lipinski definition) is 3. The lowest BCUT2D eigenvalue weighted by Gasteiger charge is -2.10. The van der Waals surface area contributed by atoms with Crippen LogP contribution in [0.1, 0.15) is 11.4 Å². The Morgan fingerprint density at radius 3 is 2.75 bits per heavy atom. The van der Waals surface area contributed by atoms with Gasteiger partial charge in [0.25, 0.3) is 0 Å². The summed E-state index contributed by atoms with van der Waals surface area (Å²) in [4.78, 5) is 4.45. The summed E-state index contributed by atoms with van der Waals surface area (Å²) in [6.45, 7) is 1.91. The molecule has 0 amide bonds. The summed E-state index contributed by atoms with van der Waals surface area (Å²) in [6.07, 6.45) is 0. The average molecular weight is 332 g/mol. The molecule has 20 heavy (non-hydrogen) atoms. The number of nitrogens with two attached hydrogens (primary N) is 1. The van der Waals surface area contributed by atoms with Gasteiger partial charge in [0.15, 0.2) is 0 Å². The molecule has 0 fully saturated rings. The molecule has 3 N–H and O–H groups in total. The van der Waals surface area contributed by atoms with Crippen LogP contribution in [0.4, 0.5) is 5.69 Å². The molecule has 0 radical (unpaired) electrons. The number of aromatic nitrogens is 2. The van der Waals surface area contributed by atoms with Crippen molar-refractivity contribution in [3.05, 3.63) is 52.3 Å². The molecular weight excluding hydrogens is 318 g/mol. The van der Waals surface area contributed by atoms with Crippen molar-refractivity contribution in [1.29, 1.82) is 0 Å². The predicted molar refractivity (Wildman–Crippen MR) is 83.8 cm³/mol. The number of benzene rings is 2. The van der Waals surface area contributed by atoms with Crippen molar-refractivity contribution < 1.29 is 5.11 Å². The molecule has 1 aromatic heterocycles. The van der Waals surface area contributed by atoms with Crippen LogP contribution in [-0.4, -0.2) is 14.7 Å². The number of imidazole rings is 1. The van der Waals surface area contributed by atoms with Gasteiger partial charge >= 0.3 is 0 Å². The van der Waals surface area contributed by atoms with Gasteiger partial charge in [-0.15, -0.1) is 0 Å². The van der Waals surface area contributed by atoms with Gasteiger partial charge in [0, 0.05) is 15.8 Å². The maximum absolute atomic E-state index is 9.56. The zero-order valence-corrected chi connectivity index (χ0v) is 12.6. The van der Waals surface area contributed by atoms with Gasteiger partial charge in [-0.2, -0.15) is 0 Å². The first-order valence-corrected chi connectivity index (χ1v) is 7.03. The standard InChI is InChI=1S/C15H14BrN3O/c1-9-4-10(16)6-12(5-9)19-14-3-2-11(17)7-13(14)18-15(19)8-20/h2-7,20H,8,17H2,1H3. The third-order valence-corrected chi connectivity index (χ3v) is 3.63. The molecule has 3 rings (SSSR count). The molecule has 3 aromatic rings. The largest absolute Gasteiger partial charge is 0.399 e. The van der Waals surface area contributed by atoms with E-state index in [9.17, 15) is 5.11 Å². The average Bonchev–Trinajstić information content (AvgIpc) is 2.74. The third kappa shape index (κ3) is 2.19. The molecule has 0 atom stereocenters. The highest BCUT2D eigenvalue weighted by molar-refractivity contribution is 9.10.